The van der Waals surface area contributed by atoms with Crippen molar-refractivity contribution in [1.82, 2.24) is 0 Å². The summed E-state index contributed by atoms with van der Waals surface area (Å²) in [7, 11) is 1.14. The molecule has 0 spiro atoms. The third kappa shape index (κ3) is 2.73. The Morgan fingerprint density at radius 2 is 1.94 bits per heavy atom. The first kappa shape index (κ1) is 12.5. The van der Waals surface area contributed by atoms with E-state index in [0.29, 0.717) is 10.7 Å². The van der Waals surface area contributed by atoms with Crippen LogP contribution in [0.2, 0.25) is 5.02 Å². The van der Waals surface area contributed by atoms with Gasteiger partial charge < -0.3 is 10.1 Å². The summed E-state index contributed by atoms with van der Waals surface area (Å²) in [6, 6.07) is 3.57. The van der Waals surface area contributed by atoms with Gasteiger partial charge in [0.15, 0.2) is 0 Å². The average Bonchev–Trinajstić information content (AvgIpc) is 2.21. The van der Waals surface area contributed by atoms with Crippen molar-refractivity contribution in [2.75, 3.05) is 12.4 Å². The first-order valence-electron chi connectivity index (χ1n) is 4.61. The molecule has 0 bridgehead atoms. The van der Waals surface area contributed by atoms with E-state index in [1.807, 2.05) is 13.0 Å². The molecule has 0 fully saturated rings. The van der Waals surface area contributed by atoms with Crippen LogP contribution in [0.15, 0.2) is 12.1 Å². The Morgan fingerprint density at radius 1 is 1.31 bits per heavy atom. The van der Waals surface area contributed by atoms with Crippen molar-refractivity contribution in [3.8, 4) is 0 Å². The summed E-state index contributed by atoms with van der Waals surface area (Å²) in [6.07, 6.45) is 0. The number of nitrogens with one attached hydrogen (secondary N) is 1. The quantitative estimate of drug-likeness (QED) is 0.605. The van der Waals surface area contributed by atoms with Gasteiger partial charge in [0.25, 0.3) is 0 Å². The van der Waals surface area contributed by atoms with E-state index in [0.717, 1.165) is 18.2 Å². The number of benzene rings is 1. The minimum Gasteiger partial charge on any atom is -0.462 e. The molecule has 1 amide bonds. The molecular formula is C11H12ClNO3. The summed E-state index contributed by atoms with van der Waals surface area (Å²) in [5.41, 5.74) is 2.21. The summed E-state index contributed by atoms with van der Waals surface area (Å²) in [5, 5.41) is 2.81. The fraction of sp³-hybridized carbons (Fsp3) is 0.273. The van der Waals surface area contributed by atoms with Gasteiger partial charge in [0.2, 0.25) is 0 Å². The normalized spacial score (nSPS) is 9.75. The number of carbonyl (C=O) groups is 2. The number of halogens is 1. The lowest BCUT2D eigenvalue weighted by Crippen LogP contribution is -2.24. The van der Waals surface area contributed by atoms with Crippen molar-refractivity contribution < 1.29 is 14.3 Å². The molecule has 0 aromatic heterocycles. The molecular weight excluding hydrogens is 230 g/mol. The number of hydrogen-bond donors (Lipinski definition) is 1. The Balaban J connectivity index is 2.98. The summed E-state index contributed by atoms with van der Waals surface area (Å²) >= 11 is 5.96. The van der Waals surface area contributed by atoms with Crippen LogP contribution in [0, 0.1) is 13.8 Å². The zero-order valence-corrected chi connectivity index (χ0v) is 10.0. The molecule has 0 aliphatic carbocycles. The minimum atomic E-state index is -0.948. The van der Waals surface area contributed by atoms with Gasteiger partial charge in [-0.1, -0.05) is 17.7 Å². The maximum Gasteiger partial charge on any atom is 0.396 e. The highest BCUT2D eigenvalue weighted by Crippen LogP contribution is 2.27. The van der Waals surface area contributed by atoms with Crippen molar-refractivity contribution in [2.45, 2.75) is 13.8 Å². The Hall–Kier alpha value is -1.55. The van der Waals surface area contributed by atoms with Gasteiger partial charge in [-0.05, 0) is 31.0 Å². The van der Waals surface area contributed by atoms with Gasteiger partial charge in [-0.2, -0.15) is 0 Å². The molecule has 0 radical (unpaired) electrons. The number of rotatable bonds is 1. The summed E-state index contributed by atoms with van der Waals surface area (Å²) in [5.74, 6) is -1.78. The van der Waals surface area contributed by atoms with Crippen LogP contribution in [0.5, 0.6) is 0 Å². The lowest BCUT2D eigenvalue weighted by atomic mass is 10.1. The van der Waals surface area contributed by atoms with Crippen molar-refractivity contribution in [2.24, 2.45) is 0 Å². The van der Waals surface area contributed by atoms with Gasteiger partial charge in [-0.25, -0.2) is 4.79 Å². The molecule has 0 atom stereocenters. The molecule has 86 valence electrons. The predicted molar refractivity (Wildman–Crippen MR) is 61.6 cm³/mol. The summed E-state index contributed by atoms with van der Waals surface area (Å²) in [6.45, 7) is 3.69. The van der Waals surface area contributed by atoms with Crippen molar-refractivity contribution in [3.63, 3.8) is 0 Å². The number of anilines is 1. The summed E-state index contributed by atoms with van der Waals surface area (Å²) in [4.78, 5) is 22.2. The van der Waals surface area contributed by atoms with Gasteiger partial charge >= 0.3 is 11.9 Å². The number of ether oxygens (including phenoxy) is 1. The zero-order valence-electron chi connectivity index (χ0n) is 9.26. The van der Waals surface area contributed by atoms with E-state index in [-0.39, 0.29) is 0 Å². The van der Waals surface area contributed by atoms with Crippen LogP contribution in [0.4, 0.5) is 5.69 Å². The molecule has 0 saturated heterocycles. The second-order valence-electron chi connectivity index (χ2n) is 3.38. The average molecular weight is 242 g/mol. The number of carbonyl (C=O) groups excluding carboxylic acids is 2. The van der Waals surface area contributed by atoms with Gasteiger partial charge in [0.05, 0.1) is 17.8 Å². The molecule has 0 unspecified atom stereocenters. The van der Waals surface area contributed by atoms with E-state index < -0.39 is 11.9 Å². The van der Waals surface area contributed by atoms with Crippen LogP contribution in [0.1, 0.15) is 11.1 Å². The smallest absolute Gasteiger partial charge is 0.396 e. The lowest BCUT2D eigenvalue weighted by molar-refractivity contribution is -0.150. The van der Waals surface area contributed by atoms with Gasteiger partial charge in [0, 0.05) is 0 Å². The first-order chi connectivity index (χ1) is 7.45. The van der Waals surface area contributed by atoms with Crippen molar-refractivity contribution >= 4 is 29.2 Å². The minimum absolute atomic E-state index is 0.398. The van der Waals surface area contributed by atoms with Crippen LogP contribution in [0.3, 0.4) is 0 Å². The molecule has 0 aliphatic rings. The molecule has 1 rings (SSSR count). The molecule has 5 heteroatoms. The number of methoxy groups -OCH3 is 1. The fourth-order valence-corrected chi connectivity index (χ4v) is 1.70. The molecule has 0 aliphatic heterocycles. The fourth-order valence-electron chi connectivity index (χ4n) is 1.33. The molecule has 0 saturated carbocycles. The summed E-state index contributed by atoms with van der Waals surface area (Å²) < 4.78 is 4.29. The van der Waals surface area contributed by atoms with E-state index in [2.05, 4.69) is 10.1 Å². The zero-order chi connectivity index (χ0) is 12.3. The van der Waals surface area contributed by atoms with Crippen molar-refractivity contribution in [3.05, 3.63) is 28.3 Å². The van der Waals surface area contributed by atoms with Gasteiger partial charge in [0.1, 0.15) is 0 Å². The second kappa shape index (κ2) is 4.99. The number of hydrogen-bond acceptors (Lipinski definition) is 3. The van der Waals surface area contributed by atoms with Crippen LogP contribution in [0.25, 0.3) is 0 Å². The second-order valence-corrected chi connectivity index (χ2v) is 3.79. The lowest BCUT2D eigenvalue weighted by Gasteiger charge is -2.10. The molecule has 0 heterocycles. The highest BCUT2D eigenvalue weighted by molar-refractivity contribution is 6.40. The van der Waals surface area contributed by atoms with E-state index >= 15 is 0 Å². The topological polar surface area (TPSA) is 55.4 Å². The Kier molecular flexibility index (Phi) is 3.90. The van der Waals surface area contributed by atoms with Crippen LogP contribution in [-0.4, -0.2) is 19.0 Å². The Morgan fingerprint density at radius 3 is 2.44 bits per heavy atom. The Labute approximate surface area is 98.5 Å². The van der Waals surface area contributed by atoms with E-state index in [9.17, 15) is 9.59 Å². The number of amides is 1. The van der Waals surface area contributed by atoms with Gasteiger partial charge in [-0.15, -0.1) is 0 Å². The van der Waals surface area contributed by atoms with Crippen LogP contribution in [-0.2, 0) is 14.3 Å². The van der Waals surface area contributed by atoms with Gasteiger partial charge in [-0.3, -0.25) is 4.79 Å². The molecule has 16 heavy (non-hydrogen) atoms. The maximum absolute atomic E-state index is 11.3. The van der Waals surface area contributed by atoms with Crippen molar-refractivity contribution in [1.29, 1.82) is 0 Å². The third-order valence-corrected chi connectivity index (χ3v) is 2.34. The highest BCUT2D eigenvalue weighted by atomic mass is 35.5. The largest absolute Gasteiger partial charge is 0.462 e. The molecule has 1 aromatic carbocycles. The predicted octanol–water partition coefficient (Wildman–Crippen LogP) is 2.07. The van der Waals surface area contributed by atoms with E-state index in [1.54, 1.807) is 13.0 Å². The first-order valence-corrected chi connectivity index (χ1v) is 4.99. The van der Waals surface area contributed by atoms with E-state index in [1.165, 1.54) is 0 Å². The molecule has 4 nitrogen and oxygen atoms in total. The van der Waals surface area contributed by atoms with Crippen LogP contribution >= 0.6 is 11.6 Å². The maximum atomic E-state index is 11.3. The highest BCUT2D eigenvalue weighted by Gasteiger charge is 2.16. The molecule has 1 N–H and O–H groups in total. The molecule has 1 aromatic rings. The standard InChI is InChI=1S/C11H12ClNO3/c1-6-4-7(2)9(8(12)5-6)13-10(14)11(15)16-3/h4-5H,1-3H3,(H,13,14). The van der Waals surface area contributed by atoms with E-state index in [4.69, 9.17) is 11.6 Å². The SMILES string of the molecule is COC(=O)C(=O)Nc1c(C)cc(C)cc1Cl. The third-order valence-electron chi connectivity index (χ3n) is 2.04. The Bertz CT molecular complexity index is 420. The number of esters is 1. The van der Waals surface area contributed by atoms with Crippen LogP contribution < -0.4 is 5.32 Å². The monoisotopic (exact) mass is 241 g/mol. The number of aryl methyl sites for hydroxylation is 2.